The molecular weight excluding hydrogens is 454 g/mol. The van der Waals surface area contributed by atoms with Crippen LogP contribution in [0.3, 0.4) is 0 Å². The standard InChI is InChI=1S/C22H40O6P2S/c1-15(2)21(16(3)4,14-19-12-10-9-11-13-19)22(17(5)6,18(7)8)31-20(29(23,24)25)30(26,27)28/h9-13,15-18,20H,14H2,1-8H3,(H2,23,24,25)(H2,26,27,28). The van der Waals surface area contributed by atoms with Gasteiger partial charge >= 0.3 is 15.2 Å². The number of hydrogen-bond acceptors (Lipinski definition) is 3. The predicted octanol–water partition coefficient (Wildman–Crippen LogP) is 5.95. The number of hydrogen-bond donors (Lipinski definition) is 4. The van der Waals surface area contributed by atoms with Crippen LogP contribution in [0.15, 0.2) is 30.3 Å². The van der Waals surface area contributed by atoms with E-state index in [4.69, 9.17) is 0 Å². The molecule has 0 spiro atoms. The number of rotatable bonds is 11. The first-order valence-corrected chi connectivity index (χ1v) is 15.0. The molecule has 0 aliphatic carbocycles. The molecule has 180 valence electrons. The summed E-state index contributed by atoms with van der Waals surface area (Å²) in [7, 11) is -10.2. The maximum atomic E-state index is 12.3. The molecule has 0 heterocycles. The van der Waals surface area contributed by atoms with Gasteiger partial charge in [0.15, 0.2) is 0 Å². The fourth-order valence-corrected chi connectivity index (χ4v) is 11.0. The van der Waals surface area contributed by atoms with Gasteiger partial charge < -0.3 is 19.6 Å². The topological polar surface area (TPSA) is 115 Å². The molecular formula is C22H40O6P2S. The highest BCUT2D eigenvalue weighted by Crippen LogP contribution is 2.72. The van der Waals surface area contributed by atoms with Crippen molar-refractivity contribution < 1.29 is 28.7 Å². The zero-order valence-electron chi connectivity index (χ0n) is 19.9. The first-order chi connectivity index (χ1) is 13.9. The quantitative estimate of drug-likeness (QED) is 0.281. The summed E-state index contributed by atoms with van der Waals surface area (Å²) in [5.41, 5.74) is 0.601. The monoisotopic (exact) mass is 494 g/mol. The van der Waals surface area contributed by atoms with Crippen molar-refractivity contribution in [2.45, 2.75) is 71.3 Å². The Bertz CT molecular complexity index is 759. The molecule has 31 heavy (non-hydrogen) atoms. The van der Waals surface area contributed by atoms with Crippen molar-refractivity contribution in [1.29, 1.82) is 0 Å². The molecule has 0 fully saturated rings. The van der Waals surface area contributed by atoms with Gasteiger partial charge in [0.05, 0.1) is 0 Å². The van der Waals surface area contributed by atoms with E-state index in [2.05, 4.69) is 27.7 Å². The summed E-state index contributed by atoms with van der Waals surface area (Å²) in [6.45, 7) is 16.4. The Balaban J connectivity index is 3.96. The third-order valence-corrected chi connectivity index (χ3v) is 13.9. The van der Waals surface area contributed by atoms with E-state index in [1.165, 1.54) is 0 Å². The van der Waals surface area contributed by atoms with Crippen LogP contribution < -0.4 is 0 Å². The lowest BCUT2D eigenvalue weighted by molar-refractivity contribution is 0.00609. The average molecular weight is 495 g/mol. The molecule has 0 aromatic heterocycles. The molecule has 1 rings (SSSR count). The zero-order valence-corrected chi connectivity index (χ0v) is 22.5. The van der Waals surface area contributed by atoms with E-state index in [0.29, 0.717) is 6.42 Å². The van der Waals surface area contributed by atoms with Gasteiger partial charge in [-0.05, 0) is 41.1 Å². The second-order valence-electron chi connectivity index (χ2n) is 9.74. The van der Waals surface area contributed by atoms with Crippen LogP contribution >= 0.6 is 27.0 Å². The summed E-state index contributed by atoms with van der Waals surface area (Å²) in [6.07, 6.45) is 0.640. The highest BCUT2D eigenvalue weighted by molar-refractivity contribution is 8.13. The normalized spacial score (nSPS) is 14.5. The fourth-order valence-electron chi connectivity index (χ4n) is 5.68. The van der Waals surface area contributed by atoms with Crippen molar-refractivity contribution in [3.63, 3.8) is 0 Å². The fraction of sp³-hybridized carbons (Fsp3) is 0.727. The summed E-state index contributed by atoms with van der Waals surface area (Å²) in [5, 5.41) is 0. The minimum Gasteiger partial charge on any atom is -0.323 e. The Morgan fingerprint density at radius 1 is 0.742 bits per heavy atom. The van der Waals surface area contributed by atoms with E-state index < -0.39 is 30.1 Å². The van der Waals surface area contributed by atoms with Crippen molar-refractivity contribution in [2.24, 2.45) is 29.1 Å². The summed E-state index contributed by atoms with van der Waals surface area (Å²) < 4.78 is 21.7. The smallest absolute Gasteiger partial charge is 0.323 e. The number of thioether (sulfide) groups is 1. The molecule has 0 unspecified atom stereocenters. The maximum Gasteiger partial charge on any atom is 0.350 e. The molecule has 0 bridgehead atoms. The highest BCUT2D eigenvalue weighted by Gasteiger charge is 2.62. The van der Waals surface area contributed by atoms with Gasteiger partial charge in [-0.1, -0.05) is 85.7 Å². The Morgan fingerprint density at radius 3 is 1.42 bits per heavy atom. The molecule has 1 aromatic rings. The third kappa shape index (κ3) is 5.87. The largest absolute Gasteiger partial charge is 0.350 e. The molecule has 0 radical (unpaired) electrons. The van der Waals surface area contributed by atoms with Gasteiger partial charge in [-0.2, -0.15) is 0 Å². The van der Waals surface area contributed by atoms with Crippen LogP contribution in [0.5, 0.6) is 0 Å². The van der Waals surface area contributed by atoms with Crippen molar-refractivity contribution in [3.05, 3.63) is 35.9 Å². The second kappa shape index (κ2) is 10.4. The molecule has 0 saturated carbocycles. The van der Waals surface area contributed by atoms with E-state index in [9.17, 15) is 28.7 Å². The Labute approximate surface area is 191 Å². The van der Waals surface area contributed by atoms with Gasteiger partial charge in [0.2, 0.25) is 4.73 Å². The Morgan fingerprint density at radius 2 is 1.13 bits per heavy atom. The molecule has 0 aliphatic heterocycles. The van der Waals surface area contributed by atoms with Crippen LogP contribution in [0.2, 0.25) is 0 Å². The molecule has 0 amide bonds. The SMILES string of the molecule is CC(C)C(Cc1ccccc1)(C(C)C)C(SC(P(=O)(O)O)P(=O)(O)O)(C(C)C)C(C)C. The molecule has 0 atom stereocenters. The Hall–Kier alpha value is -0.130. The van der Waals surface area contributed by atoms with Crippen molar-refractivity contribution in [1.82, 2.24) is 0 Å². The molecule has 0 aliphatic rings. The van der Waals surface area contributed by atoms with Crippen LogP contribution in [0.4, 0.5) is 0 Å². The van der Waals surface area contributed by atoms with Gasteiger partial charge in [-0.3, -0.25) is 9.13 Å². The first-order valence-electron chi connectivity index (χ1n) is 10.8. The van der Waals surface area contributed by atoms with Crippen molar-refractivity contribution >= 4 is 27.0 Å². The summed E-state index contributed by atoms with van der Waals surface area (Å²) in [5.74, 6) is -0.0448. The van der Waals surface area contributed by atoms with Crippen molar-refractivity contribution in [2.75, 3.05) is 0 Å². The summed E-state index contributed by atoms with van der Waals surface area (Å²) in [4.78, 5) is 39.9. The van der Waals surface area contributed by atoms with E-state index in [1.54, 1.807) is 0 Å². The van der Waals surface area contributed by atoms with E-state index in [0.717, 1.165) is 17.3 Å². The zero-order chi connectivity index (χ0) is 24.4. The minimum atomic E-state index is -5.09. The summed E-state index contributed by atoms with van der Waals surface area (Å²) >= 11 is 0.824. The average Bonchev–Trinajstić information content (AvgIpc) is 2.58. The van der Waals surface area contributed by atoms with Gasteiger partial charge in [-0.25, -0.2) is 0 Å². The molecule has 4 N–H and O–H groups in total. The molecule has 1 aromatic carbocycles. The molecule has 6 nitrogen and oxygen atoms in total. The minimum absolute atomic E-state index is 0.0826. The van der Waals surface area contributed by atoms with Crippen LogP contribution in [0.1, 0.15) is 61.0 Å². The lowest BCUT2D eigenvalue weighted by Gasteiger charge is -2.61. The molecule has 0 saturated heterocycles. The van der Waals surface area contributed by atoms with Gasteiger partial charge in [0.25, 0.3) is 0 Å². The Kier molecular flexibility index (Phi) is 9.72. The van der Waals surface area contributed by atoms with Crippen LogP contribution in [0, 0.1) is 29.1 Å². The summed E-state index contributed by atoms with van der Waals surface area (Å²) in [6, 6.07) is 9.96. The van der Waals surface area contributed by atoms with Crippen LogP contribution in [-0.4, -0.2) is 29.1 Å². The number of benzene rings is 1. The second-order valence-corrected chi connectivity index (χ2v) is 15.6. The lowest BCUT2D eigenvalue weighted by atomic mass is 9.52. The van der Waals surface area contributed by atoms with E-state index in [-0.39, 0.29) is 23.7 Å². The van der Waals surface area contributed by atoms with Crippen molar-refractivity contribution in [3.8, 4) is 0 Å². The third-order valence-electron chi connectivity index (χ3n) is 6.72. The first kappa shape index (κ1) is 28.9. The molecule has 9 heteroatoms. The van der Waals surface area contributed by atoms with Gasteiger partial charge in [0, 0.05) is 4.75 Å². The highest BCUT2D eigenvalue weighted by atomic mass is 32.2. The predicted molar refractivity (Wildman–Crippen MR) is 130 cm³/mol. The van der Waals surface area contributed by atoms with E-state index in [1.807, 2.05) is 58.0 Å². The lowest BCUT2D eigenvalue weighted by Crippen LogP contribution is -2.60. The van der Waals surface area contributed by atoms with Crippen LogP contribution in [-0.2, 0) is 15.6 Å². The van der Waals surface area contributed by atoms with Gasteiger partial charge in [0.1, 0.15) is 0 Å². The van der Waals surface area contributed by atoms with E-state index >= 15 is 0 Å². The maximum absolute atomic E-state index is 12.3. The van der Waals surface area contributed by atoms with Gasteiger partial charge in [-0.15, -0.1) is 11.8 Å². The van der Waals surface area contributed by atoms with Crippen LogP contribution in [0.25, 0.3) is 0 Å².